The molecule has 5 N–H and O–H groups in total. The third-order valence-corrected chi connectivity index (χ3v) is 12.0. The molecule has 65 heavy (non-hydrogen) atoms. The summed E-state index contributed by atoms with van der Waals surface area (Å²) in [6.07, 6.45) is 6.70. The molecule has 0 aliphatic carbocycles. The van der Waals surface area contributed by atoms with Gasteiger partial charge in [-0.15, -0.1) is 0 Å². The lowest BCUT2D eigenvalue weighted by Gasteiger charge is -2.29. The molecule has 4 amide bonds. The normalized spacial score (nSPS) is 16.4. The van der Waals surface area contributed by atoms with Gasteiger partial charge in [0.05, 0.1) is 60.9 Å². The van der Waals surface area contributed by atoms with Gasteiger partial charge in [-0.05, 0) is 67.5 Å². The van der Waals surface area contributed by atoms with Crippen LogP contribution in [0.15, 0.2) is 88.3 Å². The molecule has 3 unspecified atom stereocenters. The first kappa shape index (κ1) is 44.6. The summed E-state index contributed by atoms with van der Waals surface area (Å²) < 4.78 is 22.0. The molecule has 8 rings (SSSR count). The Hall–Kier alpha value is -7.01. The monoisotopic (exact) mass is 886 g/mol. The molecule has 0 radical (unpaired) electrons. The number of benzene rings is 3. The summed E-state index contributed by atoms with van der Waals surface area (Å²) in [6, 6.07) is 18.0. The summed E-state index contributed by atoms with van der Waals surface area (Å²) in [6.45, 7) is 5.70. The first-order valence-electron chi connectivity index (χ1n) is 22.2. The fourth-order valence-corrected chi connectivity index (χ4v) is 8.45. The number of methoxy groups -OCH3 is 1. The molecular formula is C48H54N8O9. The second-order valence-electron chi connectivity index (χ2n) is 16.8. The first-order valence-corrected chi connectivity index (χ1v) is 22.2. The maximum atomic E-state index is 14.3. The van der Waals surface area contributed by atoms with Crippen LogP contribution in [0.2, 0.25) is 0 Å². The molecule has 17 heteroatoms. The number of unbranched alkanes of at least 4 members (excludes halogenated alkanes) is 1. The zero-order valence-corrected chi connectivity index (χ0v) is 36.7. The number of aryl methyl sites for hydroxylation is 1. The van der Waals surface area contributed by atoms with E-state index in [2.05, 4.69) is 35.6 Å². The highest BCUT2D eigenvalue weighted by atomic mass is 16.6. The second kappa shape index (κ2) is 20.2. The van der Waals surface area contributed by atoms with Gasteiger partial charge >= 0.3 is 12.2 Å². The summed E-state index contributed by atoms with van der Waals surface area (Å²) in [7, 11) is 1.26. The number of hydrogen-bond donors (Lipinski definition) is 5. The predicted molar refractivity (Wildman–Crippen MR) is 242 cm³/mol. The lowest BCUT2D eigenvalue weighted by Crippen LogP contribution is -2.49. The van der Waals surface area contributed by atoms with Crippen molar-refractivity contribution in [3.8, 4) is 22.5 Å². The van der Waals surface area contributed by atoms with Crippen molar-refractivity contribution < 1.29 is 37.8 Å². The van der Waals surface area contributed by atoms with E-state index in [-0.39, 0.29) is 35.3 Å². The maximum Gasteiger partial charge on any atom is 0.408 e. The van der Waals surface area contributed by atoms with Crippen molar-refractivity contribution in [2.24, 2.45) is 5.92 Å². The maximum absolute atomic E-state index is 14.3. The fourth-order valence-electron chi connectivity index (χ4n) is 8.45. The molecule has 3 atom stereocenters. The van der Waals surface area contributed by atoms with E-state index >= 15 is 0 Å². The number of carbonyl (C=O) groups is 4. The zero-order valence-electron chi connectivity index (χ0n) is 36.7. The Labute approximate surface area is 375 Å². The molecule has 6 aromatic rings. The summed E-state index contributed by atoms with van der Waals surface area (Å²) >= 11 is 0. The molecule has 2 fully saturated rings. The van der Waals surface area contributed by atoms with Gasteiger partial charge in [0.25, 0.3) is 5.91 Å². The van der Waals surface area contributed by atoms with Gasteiger partial charge in [-0.25, -0.2) is 19.6 Å². The standard InChI is InChI=1S/C48H54N8O9/c1-28(2)41(54-47(60)62-3)45(58)49-20-8-7-13-40-50-26-35(52-40)31-14-16-33-39(25-31)65-38-17-15-30(24-34(38)43(33)57)36-27-51-44(53-36)37-12-9-21-56(37)46(59)42(29-10-5-4-6-11-29)55-48(61)64-32-18-22-63-23-19-32/h4-6,10-11,14-17,24-28,32,37,41-42H,7-9,12-13,18-23H2,1-3H3,(H,49,58)(H,50,52)(H,51,53)(H,54,60)(H,55,61). The number of likely N-dealkylation sites (tertiary alicyclic amines) is 1. The number of nitrogens with one attached hydrogen (secondary N) is 5. The Morgan fingerprint density at radius 3 is 2.38 bits per heavy atom. The van der Waals surface area contributed by atoms with Gasteiger partial charge < -0.3 is 49.4 Å². The highest BCUT2D eigenvalue weighted by Gasteiger charge is 2.37. The SMILES string of the molecule is COC(=O)NC(C(=O)NCCCCc1ncc(-c2ccc3c(=O)c4cc(-c5cnc(C6CCCN6C(=O)C(NC(=O)OC6CCOCC6)c6ccccc6)[nH]5)ccc4oc3c2)[nH]1)C(C)C. The largest absolute Gasteiger partial charge is 0.456 e. The van der Waals surface area contributed by atoms with E-state index in [1.54, 1.807) is 35.5 Å². The topological polar surface area (TPSA) is 223 Å². The van der Waals surface area contributed by atoms with Gasteiger partial charge in [0, 0.05) is 43.5 Å². The number of aromatic amines is 2. The number of carbonyl (C=O) groups excluding carboxylic acids is 4. The third-order valence-electron chi connectivity index (χ3n) is 12.0. The first-order chi connectivity index (χ1) is 31.6. The Kier molecular flexibility index (Phi) is 13.9. The Balaban J connectivity index is 0.918. The van der Waals surface area contributed by atoms with Crippen molar-refractivity contribution in [1.29, 1.82) is 0 Å². The number of ether oxygens (including phenoxy) is 3. The minimum absolute atomic E-state index is 0.100. The highest BCUT2D eigenvalue weighted by Crippen LogP contribution is 2.35. The number of alkyl carbamates (subject to hydrolysis) is 2. The van der Waals surface area contributed by atoms with Crippen LogP contribution in [-0.4, -0.2) is 94.4 Å². The molecule has 340 valence electrons. The number of aromatic nitrogens is 4. The van der Waals surface area contributed by atoms with Gasteiger partial charge in [0.2, 0.25) is 11.3 Å². The molecule has 2 saturated heterocycles. The number of hydrogen-bond acceptors (Lipinski definition) is 11. The Bertz CT molecular complexity index is 2710. The lowest BCUT2D eigenvalue weighted by molar-refractivity contribution is -0.134. The van der Waals surface area contributed by atoms with Crippen molar-refractivity contribution in [3.05, 3.63) is 107 Å². The van der Waals surface area contributed by atoms with Crippen LogP contribution in [0.5, 0.6) is 0 Å². The van der Waals surface area contributed by atoms with Crippen LogP contribution in [-0.2, 0) is 30.2 Å². The molecule has 0 bridgehead atoms. The van der Waals surface area contributed by atoms with E-state index in [9.17, 15) is 24.0 Å². The van der Waals surface area contributed by atoms with Gasteiger partial charge in [0.1, 0.15) is 41.0 Å². The van der Waals surface area contributed by atoms with Crippen LogP contribution in [0.4, 0.5) is 9.59 Å². The molecule has 3 aromatic heterocycles. The summed E-state index contributed by atoms with van der Waals surface area (Å²) in [5, 5.41) is 9.15. The molecule has 0 spiro atoms. The minimum atomic E-state index is -0.950. The van der Waals surface area contributed by atoms with Crippen LogP contribution in [0.1, 0.15) is 81.7 Å². The van der Waals surface area contributed by atoms with Crippen molar-refractivity contribution in [3.63, 3.8) is 0 Å². The molecular weight excluding hydrogens is 833 g/mol. The molecule has 3 aromatic carbocycles. The number of rotatable bonds is 15. The van der Waals surface area contributed by atoms with Crippen LogP contribution in [0.3, 0.4) is 0 Å². The van der Waals surface area contributed by atoms with E-state index in [1.165, 1.54) is 7.11 Å². The van der Waals surface area contributed by atoms with Crippen LogP contribution < -0.4 is 21.4 Å². The number of fused-ring (bicyclic) bond motifs is 2. The van der Waals surface area contributed by atoms with Crippen molar-refractivity contribution in [1.82, 2.24) is 40.8 Å². The smallest absolute Gasteiger partial charge is 0.408 e. The number of H-pyrrole nitrogens is 2. The average Bonchev–Trinajstić information content (AvgIpc) is 4.12. The van der Waals surface area contributed by atoms with Crippen molar-refractivity contribution in [2.45, 2.75) is 83.0 Å². The van der Waals surface area contributed by atoms with E-state index < -0.39 is 24.3 Å². The van der Waals surface area contributed by atoms with Crippen molar-refractivity contribution >= 4 is 45.9 Å². The van der Waals surface area contributed by atoms with Gasteiger partial charge in [0.15, 0.2) is 0 Å². The van der Waals surface area contributed by atoms with Gasteiger partial charge in [-0.2, -0.15) is 0 Å². The lowest BCUT2D eigenvalue weighted by atomic mass is 10.0. The Morgan fingerprint density at radius 1 is 0.846 bits per heavy atom. The quantitative estimate of drug-likeness (QED) is 0.0530. The minimum Gasteiger partial charge on any atom is -0.456 e. The van der Waals surface area contributed by atoms with E-state index in [0.29, 0.717) is 97.4 Å². The van der Waals surface area contributed by atoms with Crippen LogP contribution in [0.25, 0.3) is 44.5 Å². The molecule has 5 heterocycles. The fraction of sp³-hybridized carbons (Fsp3) is 0.396. The van der Waals surface area contributed by atoms with Gasteiger partial charge in [-0.1, -0.05) is 50.2 Å². The molecule has 0 saturated carbocycles. The summed E-state index contributed by atoms with van der Waals surface area (Å²) in [4.78, 5) is 83.3. The zero-order chi connectivity index (χ0) is 45.5. The van der Waals surface area contributed by atoms with E-state index in [4.69, 9.17) is 18.9 Å². The van der Waals surface area contributed by atoms with Crippen LogP contribution >= 0.6 is 0 Å². The highest BCUT2D eigenvalue weighted by molar-refractivity contribution is 5.93. The predicted octanol–water partition coefficient (Wildman–Crippen LogP) is 6.86. The summed E-state index contributed by atoms with van der Waals surface area (Å²) in [5.74, 6) is 0.786. The van der Waals surface area contributed by atoms with E-state index in [1.807, 2.05) is 62.4 Å². The third kappa shape index (κ3) is 10.4. The molecule has 2 aliphatic rings. The Morgan fingerprint density at radius 2 is 1.60 bits per heavy atom. The number of amides is 4. The van der Waals surface area contributed by atoms with Gasteiger partial charge in [-0.3, -0.25) is 14.4 Å². The number of imidazole rings is 2. The van der Waals surface area contributed by atoms with E-state index in [0.717, 1.165) is 35.5 Å². The average molecular weight is 887 g/mol. The van der Waals surface area contributed by atoms with Crippen LogP contribution in [0, 0.1) is 5.92 Å². The van der Waals surface area contributed by atoms with Crippen molar-refractivity contribution in [2.75, 3.05) is 33.4 Å². The number of nitrogens with zero attached hydrogens (tertiary/aromatic N) is 3. The molecule has 17 nitrogen and oxygen atoms in total. The summed E-state index contributed by atoms with van der Waals surface area (Å²) in [5.41, 5.74) is 4.36. The second-order valence-corrected chi connectivity index (χ2v) is 16.8. The molecule has 2 aliphatic heterocycles.